The highest BCUT2D eigenvalue weighted by atomic mass is 32.2. The second-order valence-corrected chi connectivity index (χ2v) is 18.3. The molecule has 364 valence electrons. The highest BCUT2D eigenvalue weighted by Crippen LogP contribution is 2.32. The van der Waals surface area contributed by atoms with Crippen LogP contribution in [0.1, 0.15) is 59.4 Å². The summed E-state index contributed by atoms with van der Waals surface area (Å²) in [5.74, 6) is -9.57. The van der Waals surface area contributed by atoms with Crippen LogP contribution in [0, 0.1) is 22.7 Å². The zero-order valence-corrected chi connectivity index (χ0v) is 38.3. The van der Waals surface area contributed by atoms with E-state index in [0.717, 1.165) is 16.7 Å². The van der Waals surface area contributed by atoms with Crippen LogP contribution in [-0.2, 0) is 44.8 Å². The zero-order valence-electron chi connectivity index (χ0n) is 37.5. The Bertz CT molecular complexity index is 2120. The standard InChI is InChI=1S/C42H62N10O13S/c1-6-20(2)33-37(60)51-42(4,5)41(64)49-29(35(58)46-27(11-12-45-65)39(61)52-16-23(55)13-30(52)40(62)63)19-66-38-25(24-9-7-8-10-26(24)48-38)14-28(34(57)44-15-31(56)50-33)47-36(59)32(43)21(3)22(17-53)18-54/h7-10,20-23,27-30,32-33,48,53-55H,6,11-19,43H2,1-5H3,(H,44,57)(H,46,58)(H,47,59)(H,49,64)(H,50,56)(H,51,60)(H,62,63)/t20-,21-,23+,27-,28-,29-,30-,32-,33-/m0/s1. The van der Waals surface area contributed by atoms with Crippen LogP contribution in [-0.4, -0.2) is 164 Å². The molecule has 1 saturated heterocycles. The monoisotopic (exact) mass is 946 g/mol. The lowest BCUT2D eigenvalue weighted by Gasteiger charge is -2.32. The number of aliphatic hydroxyl groups excluding tert-OH is 3. The van der Waals surface area contributed by atoms with E-state index >= 15 is 0 Å². The van der Waals surface area contributed by atoms with E-state index in [4.69, 9.17) is 5.73 Å². The number of β-amino-alcohol motifs (C(OH)–C–C–N with tert-alkyl or cyclic N) is 1. The molecule has 3 heterocycles. The highest BCUT2D eigenvalue weighted by molar-refractivity contribution is 7.99. The molecule has 0 bridgehead atoms. The number of nitrogens with zero attached hydrogens (tertiary/aromatic N) is 2. The minimum absolute atomic E-state index is 0.230. The van der Waals surface area contributed by atoms with Crippen molar-refractivity contribution in [2.24, 2.45) is 28.7 Å². The van der Waals surface area contributed by atoms with E-state index < -0.39 is 139 Å². The molecule has 0 spiro atoms. The summed E-state index contributed by atoms with van der Waals surface area (Å²) in [6.45, 7) is 5.35. The summed E-state index contributed by atoms with van der Waals surface area (Å²) >= 11 is 1.01. The van der Waals surface area contributed by atoms with Crippen LogP contribution in [0.5, 0.6) is 0 Å². The van der Waals surface area contributed by atoms with E-state index in [-0.39, 0.29) is 31.6 Å². The van der Waals surface area contributed by atoms with Crippen molar-refractivity contribution in [3.8, 4) is 0 Å². The van der Waals surface area contributed by atoms with Gasteiger partial charge in [-0.25, -0.2) is 4.79 Å². The van der Waals surface area contributed by atoms with Crippen molar-refractivity contribution in [2.45, 2.75) is 113 Å². The number of thioether (sulfide) groups is 1. The van der Waals surface area contributed by atoms with Gasteiger partial charge in [-0.1, -0.05) is 50.6 Å². The number of fused-ring (bicyclic) bond motifs is 3. The molecule has 66 heavy (non-hydrogen) atoms. The van der Waals surface area contributed by atoms with Crippen LogP contribution in [0.2, 0.25) is 0 Å². The number of likely N-dealkylation sites (tertiary alicyclic amines) is 1. The Hall–Kier alpha value is -5.69. The first-order chi connectivity index (χ1) is 31.2. The van der Waals surface area contributed by atoms with Crippen molar-refractivity contribution in [3.05, 3.63) is 34.7 Å². The molecule has 0 radical (unpaired) electrons. The molecule has 7 amide bonds. The maximum atomic E-state index is 14.4. The normalized spacial score (nSPS) is 24.0. The molecule has 9 atom stereocenters. The summed E-state index contributed by atoms with van der Waals surface area (Å²) < 4.78 is 0. The molecule has 23 nitrogen and oxygen atoms in total. The van der Waals surface area contributed by atoms with Gasteiger partial charge in [0, 0.05) is 55.2 Å². The van der Waals surface area contributed by atoms with Gasteiger partial charge in [-0.05, 0) is 43.7 Å². The van der Waals surface area contributed by atoms with Gasteiger partial charge in [0.2, 0.25) is 41.4 Å². The average Bonchev–Trinajstić information content (AvgIpc) is 3.85. The summed E-state index contributed by atoms with van der Waals surface area (Å²) in [5.41, 5.74) is 5.58. The predicted molar refractivity (Wildman–Crippen MR) is 239 cm³/mol. The number of nitroso groups, excluding NO2 is 1. The summed E-state index contributed by atoms with van der Waals surface area (Å²) in [6.07, 6.45) is -1.65. The fraction of sp³-hybridized carbons (Fsp3) is 0.619. The number of amides is 7. The number of aromatic nitrogens is 1. The molecule has 1 aromatic carbocycles. The molecule has 0 unspecified atom stereocenters. The minimum atomic E-state index is -1.74. The van der Waals surface area contributed by atoms with Gasteiger partial charge >= 0.3 is 5.97 Å². The fourth-order valence-corrected chi connectivity index (χ4v) is 8.77. The molecule has 2 aliphatic heterocycles. The Morgan fingerprint density at radius 2 is 1.73 bits per heavy atom. The van der Waals surface area contributed by atoms with Crippen molar-refractivity contribution in [3.63, 3.8) is 0 Å². The van der Waals surface area contributed by atoms with Crippen LogP contribution < -0.4 is 37.6 Å². The molecule has 0 saturated carbocycles. The summed E-state index contributed by atoms with van der Waals surface area (Å²) in [4.78, 5) is 125. The number of nitrogens with one attached hydrogen (secondary N) is 7. The number of benzene rings is 1. The number of aliphatic carboxylic acids is 1. The number of aromatic amines is 1. The number of aliphatic hydroxyl groups is 3. The second-order valence-electron chi connectivity index (χ2n) is 17.3. The fourth-order valence-electron chi connectivity index (χ4n) is 7.66. The third kappa shape index (κ3) is 13.2. The molecule has 0 aliphatic carbocycles. The van der Waals surface area contributed by atoms with Crippen molar-refractivity contribution < 1.29 is 58.8 Å². The lowest BCUT2D eigenvalue weighted by atomic mass is 9.88. The van der Waals surface area contributed by atoms with Gasteiger partial charge in [0.15, 0.2) is 0 Å². The zero-order chi connectivity index (χ0) is 49.0. The van der Waals surface area contributed by atoms with Crippen molar-refractivity contribution in [1.82, 2.24) is 41.8 Å². The average molecular weight is 947 g/mol. The first-order valence-electron chi connectivity index (χ1n) is 21.7. The molecular formula is C42H62N10O13S. The van der Waals surface area contributed by atoms with Crippen LogP contribution in [0.4, 0.5) is 0 Å². The van der Waals surface area contributed by atoms with Gasteiger partial charge in [0.25, 0.3) is 0 Å². The number of carbonyl (C=O) groups excluding carboxylic acids is 7. The number of nitrogens with two attached hydrogens (primary N) is 1. The third-order valence-electron chi connectivity index (χ3n) is 12.1. The first-order valence-corrected chi connectivity index (χ1v) is 22.7. The number of hydrogen-bond acceptors (Lipinski definition) is 15. The summed E-state index contributed by atoms with van der Waals surface area (Å²) in [6, 6.07) is -1.47. The predicted octanol–water partition coefficient (Wildman–Crippen LogP) is -2.42. The van der Waals surface area contributed by atoms with E-state index in [1.54, 1.807) is 45.0 Å². The number of H-pyrrole nitrogens is 1. The molecular weight excluding hydrogens is 885 g/mol. The third-order valence-corrected chi connectivity index (χ3v) is 13.3. The van der Waals surface area contributed by atoms with Crippen LogP contribution in [0.3, 0.4) is 0 Å². The lowest BCUT2D eigenvalue weighted by Crippen LogP contribution is -2.63. The number of hydrogen-bond donors (Lipinski definition) is 12. The van der Waals surface area contributed by atoms with Crippen molar-refractivity contribution in [1.29, 1.82) is 0 Å². The van der Waals surface area contributed by atoms with Gasteiger partial charge in [-0.3, -0.25) is 33.6 Å². The van der Waals surface area contributed by atoms with E-state index in [9.17, 15) is 63.7 Å². The quantitative estimate of drug-likeness (QED) is 0.0827. The summed E-state index contributed by atoms with van der Waals surface area (Å²) in [5, 5.41) is 58.9. The smallest absolute Gasteiger partial charge is 0.326 e. The Morgan fingerprint density at radius 3 is 2.36 bits per heavy atom. The number of para-hydroxylation sites is 1. The van der Waals surface area contributed by atoms with E-state index in [2.05, 4.69) is 42.1 Å². The number of rotatable bonds is 15. The van der Waals surface area contributed by atoms with Crippen molar-refractivity contribution in [2.75, 3.05) is 38.6 Å². The molecule has 1 fully saturated rings. The van der Waals surface area contributed by atoms with Gasteiger partial charge in [0.1, 0.15) is 35.7 Å². The SMILES string of the molecule is CC[C@H](C)[C@@H]1NC(=O)CNC(=O)[C@@H](NC(=O)[C@@H](N)[C@@H](C)C(CO)CO)Cc2c([nH]c3ccccc23)SC[C@@H](C(=O)N[C@@H](CCN=O)C(=O)N2C[C@H](O)C[C@H]2C(=O)O)NC(=O)C(C)(C)NC1=O. The maximum absolute atomic E-state index is 14.4. The Kier molecular flexibility index (Phi) is 19.0. The second kappa shape index (κ2) is 23.7. The van der Waals surface area contributed by atoms with Gasteiger partial charge in [-0.15, -0.1) is 11.8 Å². The molecule has 4 rings (SSSR count). The topological polar surface area (TPSA) is 364 Å². The van der Waals surface area contributed by atoms with E-state index in [1.165, 1.54) is 13.8 Å². The summed E-state index contributed by atoms with van der Waals surface area (Å²) in [7, 11) is 0. The van der Waals surface area contributed by atoms with Crippen LogP contribution in [0.25, 0.3) is 10.9 Å². The highest BCUT2D eigenvalue weighted by Gasteiger charge is 2.43. The van der Waals surface area contributed by atoms with Gasteiger partial charge < -0.3 is 67.9 Å². The molecule has 2 aliphatic rings. The molecule has 2 aromatic rings. The van der Waals surface area contributed by atoms with Crippen molar-refractivity contribution >= 4 is 70.0 Å². The number of carbonyl (C=O) groups is 8. The van der Waals surface area contributed by atoms with E-state index in [0.29, 0.717) is 27.9 Å². The molecule has 13 N–H and O–H groups in total. The molecule has 24 heteroatoms. The van der Waals surface area contributed by atoms with Gasteiger partial charge in [-0.2, -0.15) is 4.91 Å². The van der Waals surface area contributed by atoms with Crippen LogP contribution >= 0.6 is 11.8 Å². The maximum Gasteiger partial charge on any atom is 0.326 e. The Morgan fingerprint density at radius 1 is 1.05 bits per heavy atom. The Labute approximate surface area is 384 Å². The Balaban J connectivity index is 1.81. The minimum Gasteiger partial charge on any atom is -0.480 e. The van der Waals surface area contributed by atoms with Gasteiger partial charge in [0.05, 0.1) is 30.3 Å². The van der Waals surface area contributed by atoms with Crippen LogP contribution in [0.15, 0.2) is 34.5 Å². The lowest BCUT2D eigenvalue weighted by molar-refractivity contribution is -0.149. The number of carboxylic acids is 1. The number of carboxylic acid groups (broad SMARTS) is 1. The molecule has 1 aromatic heterocycles. The van der Waals surface area contributed by atoms with E-state index in [1.807, 2.05) is 0 Å². The largest absolute Gasteiger partial charge is 0.480 e. The first kappa shape index (κ1) is 52.9.